The maximum absolute atomic E-state index is 13.0. The van der Waals surface area contributed by atoms with E-state index in [9.17, 15) is 13.2 Å². The molecule has 3 nitrogen and oxygen atoms in total. The van der Waals surface area contributed by atoms with Crippen molar-refractivity contribution in [2.24, 2.45) is 4.99 Å². The monoisotopic (exact) mass is 312 g/mol. The number of aliphatic imine (C=N–C) groups is 1. The van der Waals surface area contributed by atoms with Crippen molar-refractivity contribution < 1.29 is 17.9 Å². The van der Waals surface area contributed by atoms with E-state index in [1.165, 1.54) is 12.1 Å². The average molecular weight is 312 g/mol. The Labute approximate surface area is 127 Å². The molecule has 2 heterocycles. The molecule has 1 aromatic rings. The minimum Gasteiger partial charge on any atom is -0.474 e. The third-order valence-corrected chi connectivity index (χ3v) is 4.12. The lowest BCUT2D eigenvalue weighted by Crippen LogP contribution is -2.41. The zero-order chi connectivity index (χ0) is 15.6. The molecule has 2 atom stereocenters. The first-order valence-electron chi connectivity index (χ1n) is 7.63. The van der Waals surface area contributed by atoms with E-state index >= 15 is 0 Å². The number of ether oxygens (including phenoxy) is 1. The molecule has 0 saturated carbocycles. The van der Waals surface area contributed by atoms with Crippen LogP contribution in [-0.4, -0.2) is 31.1 Å². The van der Waals surface area contributed by atoms with Crippen LogP contribution < -0.4 is 5.32 Å². The van der Waals surface area contributed by atoms with Crippen LogP contribution in [0.15, 0.2) is 29.3 Å². The van der Waals surface area contributed by atoms with Gasteiger partial charge in [0.1, 0.15) is 6.10 Å². The summed E-state index contributed by atoms with van der Waals surface area (Å²) in [4.78, 5) is 4.38. The van der Waals surface area contributed by atoms with Gasteiger partial charge in [0, 0.05) is 6.42 Å². The number of piperidine rings is 1. The lowest BCUT2D eigenvalue weighted by Gasteiger charge is -2.24. The second kappa shape index (κ2) is 6.28. The molecule has 1 saturated heterocycles. The number of rotatable bonds is 3. The summed E-state index contributed by atoms with van der Waals surface area (Å²) < 4.78 is 44.8. The number of hydrogen-bond acceptors (Lipinski definition) is 3. The predicted molar refractivity (Wildman–Crippen MR) is 78.0 cm³/mol. The molecule has 0 bridgehead atoms. The maximum atomic E-state index is 13.0. The van der Waals surface area contributed by atoms with E-state index in [4.69, 9.17) is 4.74 Å². The molecule has 2 aliphatic heterocycles. The van der Waals surface area contributed by atoms with E-state index in [0.29, 0.717) is 12.4 Å². The summed E-state index contributed by atoms with van der Waals surface area (Å²) in [6.07, 6.45) is -1.15. The van der Waals surface area contributed by atoms with Crippen LogP contribution in [0, 0.1) is 0 Å². The Balaban J connectivity index is 1.64. The Hall–Kier alpha value is -1.56. The summed E-state index contributed by atoms with van der Waals surface area (Å²) in [5.41, 5.74) is -0.309. The predicted octanol–water partition coefficient (Wildman–Crippen LogP) is 3.19. The summed E-state index contributed by atoms with van der Waals surface area (Å²) in [6.45, 7) is 1.37. The normalized spacial score (nSPS) is 25.7. The standard InChI is InChI=1S/C16H19F3N2O/c17-16(18,19)13-6-2-1-5-11(13)9-12-10-21-15(22-12)14-7-3-4-8-20-14/h1-2,5-6,12,14,20H,3-4,7-10H2. The Bertz CT molecular complexity index is 551. The topological polar surface area (TPSA) is 33.6 Å². The van der Waals surface area contributed by atoms with Crippen LogP contribution in [-0.2, 0) is 17.3 Å². The first kappa shape index (κ1) is 15.3. The third-order valence-electron chi connectivity index (χ3n) is 4.12. The van der Waals surface area contributed by atoms with Gasteiger partial charge in [-0.3, -0.25) is 4.99 Å². The van der Waals surface area contributed by atoms with Gasteiger partial charge in [0.2, 0.25) is 5.90 Å². The van der Waals surface area contributed by atoms with Gasteiger partial charge in [-0.25, -0.2) is 0 Å². The fourth-order valence-corrected chi connectivity index (χ4v) is 3.02. The number of benzene rings is 1. The molecular weight excluding hydrogens is 293 g/mol. The van der Waals surface area contributed by atoms with Gasteiger partial charge in [0.15, 0.2) is 0 Å². The molecule has 6 heteroatoms. The molecule has 0 aliphatic carbocycles. The van der Waals surface area contributed by atoms with Crippen LogP contribution in [0.3, 0.4) is 0 Å². The summed E-state index contributed by atoms with van der Waals surface area (Å²) in [7, 11) is 0. The second-order valence-electron chi connectivity index (χ2n) is 5.78. The van der Waals surface area contributed by atoms with Crippen molar-refractivity contribution in [3.05, 3.63) is 35.4 Å². The van der Waals surface area contributed by atoms with Crippen LogP contribution >= 0.6 is 0 Å². The molecule has 1 N–H and O–H groups in total. The SMILES string of the molecule is FC(F)(F)c1ccccc1CC1CN=C(C2CCCCN2)O1. The molecule has 0 spiro atoms. The lowest BCUT2D eigenvalue weighted by molar-refractivity contribution is -0.138. The van der Waals surface area contributed by atoms with E-state index in [2.05, 4.69) is 10.3 Å². The van der Waals surface area contributed by atoms with Gasteiger partial charge in [-0.1, -0.05) is 24.6 Å². The zero-order valence-corrected chi connectivity index (χ0v) is 12.2. The lowest BCUT2D eigenvalue weighted by atomic mass is 10.0. The zero-order valence-electron chi connectivity index (χ0n) is 12.2. The molecule has 0 aromatic heterocycles. The van der Waals surface area contributed by atoms with Crippen molar-refractivity contribution in [1.29, 1.82) is 0 Å². The van der Waals surface area contributed by atoms with Crippen molar-refractivity contribution in [2.75, 3.05) is 13.1 Å². The molecule has 22 heavy (non-hydrogen) atoms. The third kappa shape index (κ3) is 3.43. The Kier molecular flexibility index (Phi) is 4.38. The Morgan fingerprint density at radius 3 is 2.77 bits per heavy atom. The first-order valence-corrected chi connectivity index (χ1v) is 7.63. The van der Waals surface area contributed by atoms with Crippen LogP contribution in [0.1, 0.15) is 30.4 Å². The second-order valence-corrected chi connectivity index (χ2v) is 5.78. The number of halogens is 3. The highest BCUT2D eigenvalue weighted by atomic mass is 19.4. The van der Waals surface area contributed by atoms with E-state index in [1.54, 1.807) is 6.07 Å². The fourth-order valence-electron chi connectivity index (χ4n) is 3.02. The number of nitrogens with zero attached hydrogens (tertiary/aromatic N) is 1. The highest BCUT2D eigenvalue weighted by Crippen LogP contribution is 2.33. The van der Waals surface area contributed by atoms with E-state index in [0.717, 1.165) is 31.9 Å². The van der Waals surface area contributed by atoms with E-state index in [-0.39, 0.29) is 24.1 Å². The Morgan fingerprint density at radius 1 is 1.23 bits per heavy atom. The van der Waals surface area contributed by atoms with E-state index in [1.807, 2.05) is 0 Å². The molecule has 0 radical (unpaired) electrons. The number of hydrogen-bond donors (Lipinski definition) is 1. The van der Waals surface area contributed by atoms with Crippen LogP contribution in [0.4, 0.5) is 13.2 Å². The molecule has 2 aliphatic rings. The van der Waals surface area contributed by atoms with E-state index < -0.39 is 11.7 Å². The smallest absolute Gasteiger partial charge is 0.416 e. The fraction of sp³-hybridized carbons (Fsp3) is 0.562. The van der Waals surface area contributed by atoms with Crippen molar-refractivity contribution in [3.8, 4) is 0 Å². The highest BCUT2D eigenvalue weighted by Gasteiger charge is 2.34. The van der Waals surface area contributed by atoms with Crippen molar-refractivity contribution in [1.82, 2.24) is 5.32 Å². The summed E-state index contributed by atoms with van der Waals surface area (Å²) in [5.74, 6) is 0.661. The molecule has 1 aromatic carbocycles. The van der Waals surface area contributed by atoms with Crippen LogP contribution in [0.25, 0.3) is 0 Å². The van der Waals surface area contributed by atoms with Gasteiger partial charge in [-0.15, -0.1) is 0 Å². The molecule has 1 fully saturated rings. The molecule has 3 rings (SSSR count). The minimum atomic E-state index is -4.33. The van der Waals surface area contributed by atoms with Crippen LogP contribution in [0.2, 0.25) is 0 Å². The summed E-state index contributed by atoms with van der Waals surface area (Å²) >= 11 is 0. The van der Waals surface area contributed by atoms with Gasteiger partial charge in [0.05, 0.1) is 18.2 Å². The van der Waals surface area contributed by atoms with Gasteiger partial charge >= 0.3 is 6.18 Å². The largest absolute Gasteiger partial charge is 0.474 e. The summed E-state index contributed by atoms with van der Waals surface area (Å²) in [6, 6.07) is 5.80. The maximum Gasteiger partial charge on any atom is 0.416 e. The molecule has 0 amide bonds. The van der Waals surface area contributed by atoms with Crippen molar-refractivity contribution in [2.45, 2.75) is 44.0 Å². The quantitative estimate of drug-likeness (QED) is 0.930. The Morgan fingerprint density at radius 2 is 2.05 bits per heavy atom. The van der Waals surface area contributed by atoms with Crippen molar-refractivity contribution >= 4 is 5.90 Å². The van der Waals surface area contributed by atoms with Gasteiger partial charge in [0.25, 0.3) is 0 Å². The van der Waals surface area contributed by atoms with Gasteiger partial charge < -0.3 is 10.1 Å². The first-order chi connectivity index (χ1) is 10.5. The number of alkyl halides is 3. The average Bonchev–Trinajstić information content (AvgIpc) is 2.96. The molecular formula is C16H19F3N2O. The van der Waals surface area contributed by atoms with Crippen molar-refractivity contribution in [3.63, 3.8) is 0 Å². The summed E-state index contributed by atoms with van der Waals surface area (Å²) in [5, 5.41) is 3.35. The number of nitrogens with one attached hydrogen (secondary N) is 1. The molecule has 2 unspecified atom stereocenters. The minimum absolute atomic E-state index is 0.122. The van der Waals surface area contributed by atoms with Gasteiger partial charge in [-0.2, -0.15) is 13.2 Å². The molecule has 120 valence electrons. The van der Waals surface area contributed by atoms with Gasteiger partial charge in [-0.05, 0) is 31.0 Å². The van der Waals surface area contributed by atoms with Crippen LogP contribution in [0.5, 0.6) is 0 Å². The highest BCUT2D eigenvalue weighted by molar-refractivity contribution is 5.83.